The lowest BCUT2D eigenvalue weighted by molar-refractivity contribution is 0.132. The Morgan fingerprint density at radius 3 is 2.71 bits per heavy atom. The van der Waals surface area contributed by atoms with E-state index in [2.05, 4.69) is 15.0 Å². The Kier molecular flexibility index (Phi) is 6.85. The first-order chi connectivity index (χ1) is 18.2. The quantitative estimate of drug-likeness (QED) is 0.343. The molecule has 0 radical (unpaired) electrons. The van der Waals surface area contributed by atoms with E-state index >= 15 is 0 Å². The predicted molar refractivity (Wildman–Crippen MR) is 140 cm³/mol. The summed E-state index contributed by atoms with van der Waals surface area (Å²) in [5, 5.41) is 17.8. The van der Waals surface area contributed by atoms with Gasteiger partial charge in [0.15, 0.2) is 11.4 Å². The molecule has 38 heavy (non-hydrogen) atoms. The number of hydrogen-bond acceptors (Lipinski definition) is 8. The molecule has 1 amide bonds. The van der Waals surface area contributed by atoms with Gasteiger partial charge < -0.3 is 24.2 Å². The average Bonchev–Trinajstić information content (AvgIpc) is 3.58. The number of methoxy groups -OCH3 is 1. The second kappa shape index (κ2) is 10.2. The molecule has 0 bridgehead atoms. The molecule has 1 aliphatic heterocycles. The van der Waals surface area contributed by atoms with Crippen molar-refractivity contribution in [3.8, 4) is 5.75 Å². The fourth-order valence-electron chi connectivity index (χ4n) is 4.70. The van der Waals surface area contributed by atoms with Gasteiger partial charge in [0.1, 0.15) is 11.1 Å². The highest BCUT2D eigenvalue weighted by molar-refractivity contribution is 7.92. The van der Waals surface area contributed by atoms with Crippen molar-refractivity contribution < 1.29 is 27.6 Å². The third kappa shape index (κ3) is 5.09. The molecule has 3 heterocycles. The van der Waals surface area contributed by atoms with E-state index in [-0.39, 0.29) is 16.8 Å². The maximum atomic E-state index is 13.4. The zero-order valence-corrected chi connectivity index (χ0v) is 21.8. The fourth-order valence-corrected chi connectivity index (χ4v) is 5.75. The highest BCUT2D eigenvalue weighted by Crippen LogP contribution is 2.35. The number of benzene rings is 2. The second-order valence-corrected chi connectivity index (χ2v) is 10.8. The number of carboxylic acid groups (broad SMARTS) is 1. The predicted octanol–water partition coefficient (Wildman–Crippen LogP) is 3.46. The normalized spacial score (nSPS) is 14.5. The van der Waals surface area contributed by atoms with Crippen LogP contribution in [0.3, 0.4) is 0 Å². The maximum Gasteiger partial charge on any atom is 0.407 e. The molecule has 2 N–H and O–H groups in total. The fraction of sp³-hybridized carbons (Fsp3) is 0.320. The number of amides is 1. The molecule has 0 atom stereocenters. The number of fused-ring (bicyclic) bond motifs is 1. The van der Waals surface area contributed by atoms with Crippen LogP contribution in [0.15, 0.2) is 64.3 Å². The summed E-state index contributed by atoms with van der Waals surface area (Å²) in [4.78, 5) is 14.7. The van der Waals surface area contributed by atoms with Gasteiger partial charge >= 0.3 is 6.09 Å². The summed E-state index contributed by atoms with van der Waals surface area (Å²) >= 11 is 0. The SMILES string of the molecule is COc1cc(Cn2cccn2)cc2onc(NS(=O)(=O)c3cccc(N(C)C4CCN(C(=O)O)CC4)c3)c12. The van der Waals surface area contributed by atoms with Crippen LogP contribution in [0.4, 0.5) is 16.3 Å². The molecule has 1 saturated heterocycles. The van der Waals surface area contributed by atoms with Gasteiger partial charge in [-0.25, -0.2) is 13.2 Å². The van der Waals surface area contributed by atoms with Crippen LogP contribution in [-0.2, 0) is 16.6 Å². The van der Waals surface area contributed by atoms with Crippen molar-refractivity contribution in [1.29, 1.82) is 0 Å². The number of anilines is 2. The number of nitrogens with one attached hydrogen (secondary N) is 1. The van der Waals surface area contributed by atoms with E-state index in [1.54, 1.807) is 35.1 Å². The minimum atomic E-state index is -4.01. The van der Waals surface area contributed by atoms with Crippen LogP contribution >= 0.6 is 0 Å². The van der Waals surface area contributed by atoms with Gasteiger partial charge in [-0.2, -0.15) is 5.10 Å². The van der Waals surface area contributed by atoms with Gasteiger partial charge in [0, 0.05) is 44.3 Å². The topological polar surface area (TPSA) is 143 Å². The lowest BCUT2D eigenvalue weighted by atomic mass is 10.0. The molecule has 0 unspecified atom stereocenters. The van der Waals surface area contributed by atoms with Crippen LogP contribution in [-0.4, -0.2) is 72.7 Å². The van der Waals surface area contributed by atoms with Crippen molar-refractivity contribution in [1.82, 2.24) is 19.8 Å². The van der Waals surface area contributed by atoms with E-state index in [0.717, 1.165) is 5.56 Å². The molecular weight excluding hydrogens is 512 g/mol. The van der Waals surface area contributed by atoms with Crippen LogP contribution in [0.1, 0.15) is 18.4 Å². The number of aromatic nitrogens is 3. The summed E-state index contributed by atoms with van der Waals surface area (Å²) in [7, 11) is -0.628. The smallest absolute Gasteiger partial charge is 0.407 e. The summed E-state index contributed by atoms with van der Waals surface area (Å²) in [6.07, 6.45) is 3.92. The van der Waals surface area contributed by atoms with Gasteiger partial charge in [0.25, 0.3) is 10.0 Å². The molecule has 4 aromatic rings. The van der Waals surface area contributed by atoms with Crippen molar-refractivity contribution >= 4 is 38.6 Å². The Bertz CT molecular complexity index is 1540. The highest BCUT2D eigenvalue weighted by Gasteiger charge is 2.27. The van der Waals surface area contributed by atoms with E-state index in [4.69, 9.17) is 9.26 Å². The lowest BCUT2D eigenvalue weighted by Gasteiger charge is -2.36. The monoisotopic (exact) mass is 540 g/mol. The van der Waals surface area contributed by atoms with Crippen LogP contribution in [0.25, 0.3) is 11.0 Å². The first kappa shape index (κ1) is 25.4. The summed E-state index contributed by atoms with van der Waals surface area (Å²) in [5.74, 6) is 0.451. The lowest BCUT2D eigenvalue weighted by Crippen LogP contribution is -2.45. The number of sulfonamides is 1. The highest BCUT2D eigenvalue weighted by atomic mass is 32.2. The van der Waals surface area contributed by atoms with Gasteiger partial charge in [0.05, 0.1) is 18.6 Å². The number of rotatable bonds is 8. The van der Waals surface area contributed by atoms with Crippen molar-refractivity contribution in [3.63, 3.8) is 0 Å². The Morgan fingerprint density at radius 1 is 1.24 bits per heavy atom. The third-order valence-electron chi connectivity index (χ3n) is 6.77. The molecule has 13 heteroatoms. The van der Waals surface area contributed by atoms with E-state index < -0.39 is 16.1 Å². The number of piperidine rings is 1. The third-order valence-corrected chi connectivity index (χ3v) is 8.11. The van der Waals surface area contributed by atoms with Crippen LogP contribution < -0.4 is 14.4 Å². The first-order valence-corrected chi connectivity index (χ1v) is 13.5. The van der Waals surface area contributed by atoms with Gasteiger partial charge in [-0.15, -0.1) is 0 Å². The van der Waals surface area contributed by atoms with Gasteiger partial charge in [-0.05, 0) is 54.8 Å². The molecule has 5 rings (SSSR count). The molecule has 2 aromatic carbocycles. The molecule has 12 nitrogen and oxygen atoms in total. The van der Waals surface area contributed by atoms with Crippen LogP contribution in [0.2, 0.25) is 0 Å². The Labute approximate surface area is 219 Å². The van der Waals surface area contributed by atoms with Crippen molar-refractivity contribution in [2.75, 3.05) is 36.9 Å². The standard InChI is InChI=1S/C25H28N6O6S/c1-29(18-7-11-30(12-8-18)25(32)33)19-5-3-6-20(15-19)38(34,35)28-24-23-21(36-2)13-17(14-22(23)37-27-24)16-31-10-4-9-26-31/h3-6,9-10,13-15,18H,7-8,11-12,16H2,1-2H3,(H,27,28)(H,32,33). The van der Waals surface area contributed by atoms with Crippen LogP contribution in [0, 0.1) is 0 Å². The molecule has 0 saturated carbocycles. The number of nitrogens with zero attached hydrogens (tertiary/aromatic N) is 5. The summed E-state index contributed by atoms with van der Waals surface area (Å²) in [6, 6.07) is 12.1. The molecule has 0 spiro atoms. The molecular formula is C25H28N6O6S. The zero-order chi connectivity index (χ0) is 26.9. The van der Waals surface area contributed by atoms with E-state index in [1.165, 1.54) is 18.1 Å². The van der Waals surface area contributed by atoms with E-state index in [9.17, 15) is 18.3 Å². The average molecular weight is 541 g/mol. The van der Waals surface area contributed by atoms with Crippen LogP contribution in [0.5, 0.6) is 5.75 Å². The zero-order valence-electron chi connectivity index (χ0n) is 20.9. The maximum absolute atomic E-state index is 13.4. The molecule has 2 aromatic heterocycles. The Morgan fingerprint density at radius 2 is 2.03 bits per heavy atom. The molecule has 0 aliphatic carbocycles. The number of likely N-dealkylation sites (tertiary alicyclic amines) is 1. The summed E-state index contributed by atoms with van der Waals surface area (Å²) in [5.41, 5.74) is 1.95. The Balaban J connectivity index is 1.37. The van der Waals surface area contributed by atoms with Gasteiger partial charge in [-0.1, -0.05) is 11.2 Å². The molecule has 1 aliphatic rings. The molecule has 200 valence electrons. The first-order valence-electron chi connectivity index (χ1n) is 12.0. The minimum Gasteiger partial charge on any atom is -0.496 e. The summed E-state index contributed by atoms with van der Waals surface area (Å²) < 4.78 is 42.0. The van der Waals surface area contributed by atoms with Gasteiger partial charge in [-0.3, -0.25) is 9.40 Å². The van der Waals surface area contributed by atoms with Crippen molar-refractivity contribution in [2.45, 2.75) is 30.3 Å². The van der Waals surface area contributed by atoms with E-state index in [1.807, 2.05) is 30.3 Å². The van der Waals surface area contributed by atoms with E-state index in [0.29, 0.717) is 54.9 Å². The summed E-state index contributed by atoms with van der Waals surface area (Å²) in [6.45, 7) is 1.36. The molecule has 1 fully saturated rings. The second-order valence-electron chi connectivity index (χ2n) is 9.12. The van der Waals surface area contributed by atoms with Crippen molar-refractivity contribution in [2.24, 2.45) is 0 Å². The minimum absolute atomic E-state index is 0.0299. The largest absolute Gasteiger partial charge is 0.496 e. The van der Waals surface area contributed by atoms with Crippen molar-refractivity contribution in [3.05, 3.63) is 60.4 Å². The number of carbonyl (C=O) groups is 1. The number of ether oxygens (including phenoxy) is 1. The van der Waals surface area contributed by atoms with Gasteiger partial charge in [0.2, 0.25) is 0 Å². The number of hydrogen-bond donors (Lipinski definition) is 2. The Hall–Kier alpha value is -4.26.